The number of halogens is 1. The van der Waals surface area contributed by atoms with E-state index in [1.54, 1.807) is 0 Å². The van der Waals surface area contributed by atoms with Crippen LogP contribution in [0.1, 0.15) is 129 Å². The fourth-order valence-electron chi connectivity index (χ4n) is 5.70. The molecule has 0 aromatic carbocycles. The van der Waals surface area contributed by atoms with Gasteiger partial charge in [0, 0.05) is 0 Å². The summed E-state index contributed by atoms with van der Waals surface area (Å²) in [5.41, 5.74) is -0.806. The summed E-state index contributed by atoms with van der Waals surface area (Å²) in [6.45, 7) is 13.2. The van der Waals surface area contributed by atoms with Crippen LogP contribution < -0.4 is 68.4 Å². The molecule has 0 spiro atoms. The summed E-state index contributed by atoms with van der Waals surface area (Å²) in [4.78, 5) is 0. The first kappa shape index (κ1) is 51.7. The van der Waals surface area contributed by atoms with Gasteiger partial charge in [-0.05, 0) is 64.2 Å². The third-order valence-electron chi connectivity index (χ3n) is 8.57. The van der Waals surface area contributed by atoms with E-state index in [9.17, 15) is 0 Å². The molecule has 2 saturated heterocycles. The van der Waals surface area contributed by atoms with Crippen molar-refractivity contribution in [2.24, 2.45) is 0 Å². The average molecular weight is 724 g/mol. The second kappa shape index (κ2) is 36.7. The number of hydrogen-bond acceptors (Lipinski definition) is 4. The van der Waals surface area contributed by atoms with Crippen molar-refractivity contribution in [2.45, 2.75) is 129 Å². The Hall–Kier alpha value is -1.10. The minimum absolute atomic E-state index is 0. The van der Waals surface area contributed by atoms with Gasteiger partial charge in [-0.3, -0.25) is 0 Å². The van der Waals surface area contributed by atoms with E-state index in [4.69, 9.17) is 31.9 Å². The SMILES string of the molecule is CCCCCCCC[N+]1(C)CCCCC1.CCCCCCCC[N+]1(C)CCCCC1.N#CC(=C=[N-])C#N.N#CC(=C=[N-])C#N.[Br-].[K+]. The number of unbranched alkanes of at least 4 members (excludes halogenated alkanes) is 10. The van der Waals surface area contributed by atoms with E-state index in [1.807, 2.05) is 0 Å². The molecule has 8 nitrogen and oxygen atoms in total. The minimum Gasteiger partial charge on any atom is -1.00 e. The number of likely N-dealkylation sites (tertiary alicyclic amines) is 2. The van der Waals surface area contributed by atoms with E-state index < -0.39 is 11.1 Å². The van der Waals surface area contributed by atoms with Crippen molar-refractivity contribution >= 4 is 11.7 Å². The number of nitrogens with zero attached hydrogens (tertiary/aromatic N) is 8. The first-order valence-electron chi connectivity index (χ1n) is 17.0. The molecule has 252 valence electrons. The van der Waals surface area contributed by atoms with Crippen molar-refractivity contribution < 1.29 is 77.3 Å². The van der Waals surface area contributed by atoms with Crippen LogP contribution in [-0.2, 0) is 0 Å². The number of allylic oxidation sites excluding steroid dienone is 2. The molecule has 2 rings (SSSR count). The Balaban J connectivity index is -0.000000268. The zero-order valence-corrected chi connectivity index (χ0v) is 34.6. The van der Waals surface area contributed by atoms with Crippen molar-refractivity contribution in [3.8, 4) is 24.3 Å². The standard InChI is InChI=1S/2C14H30N.2C4N3.BrH.K/c2*1-3-4-5-6-7-9-12-15(2)13-10-8-11-14-15;2*5-1-4(2-6)3-7;;/h2*3-14H2,1-2H3;;;1H;/q2*+1;2*-1;;+1/p-1. The molecule has 0 radical (unpaired) electrons. The predicted octanol–water partition coefficient (Wildman–Crippen LogP) is 2.36. The van der Waals surface area contributed by atoms with Gasteiger partial charge in [0.05, 0.1) is 53.4 Å². The fourth-order valence-corrected chi connectivity index (χ4v) is 5.70. The molecule has 2 fully saturated rings. The minimum atomic E-state index is -0.403. The van der Waals surface area contributed by atoms with Crippen molar-refractivity contribution in [1.82, 2.24) is 0 Å². The summed E-state index contributed by atoms with van der Waals surface area (Å²) >= 11 is 0. The Labute approximate surface area is 335 Å². The molecule has 0 amide bonds. The molecular weight excluding hydrogens is 663 g/mol. The summed E-state index contributed by atoms with van der Waals surface area (Å²) in [6.07, 6.45) is 26.1. The first-order valence-corrected chi connectivity index (χ1v) is 17.0. The molecule has 0 atom stereocenters. The maximum Gasteiger partial charge on any atom is 1.00 e. The molecule has 0 aromatic rings. The number of rotatable bonds is 14. The number of quaternary nitrogens is 2. The van der Waals surface area contributed by atoms with Gasteiger partial charge in [0.15, 0.2) is 0 Å². The largest absolute Gasteiger partial charge is 1.00 e. The summed E-state index contributed by atoms with van der Waals surface area (Å²) in [5, 5.41) is 46.8. The molecule has 0 unspecified atom stereocenters. The summed E-state index contributed by atoms with van der Waals surface area (Å²) in [5.74, 6) is 2.79. The van der Waals surface area contributed by atoms with Gasteiger partial charge >= 0.3 is 51.4 Å². The van der Waals surface area contributed by atoms with Crippen LogP contribution in [0.2, 0.25) is 0 Å². The van der Waals surface area contributed by atoms with Crippen molar-refractivity contribution in [3.05, 3.63) is 22.0 Å². The zero-order valence-electron chi connectivity index (χ0n) is 29.9. The average Bonchev–Trinajstić information content (AvgIpc) is 3.04. The Morgan fingerprint density at radius 1 is 0.500 bits per heavy atom. The second-order valence-electron chi connectivity index (χ2n) is 12.7. The molecular formula is C36H60BrKN8. The molecule has 0 aromatic heterocycles. The second-order valence-corrected chi connectivity index (χ2v) is 12.7. The Bertz CT molecular complexity index is 895. The number of nitriles is 4. The van der Waals surface area contributed by atoms with E-state index in [0.29, 0.717) is 0 Å². The van der Waals surface area contributed by atoms with Crippen LogP contribution in [0.4, 0.5) is 0 Å². The Kier molecular flexibility index (Phi) is 41.3. The van der Waals surface area contributed by atoms with Crippen LogP contribution in [0.3, 0.4) is 0 Å². The summed E-state index contributed by atoms with van der Waals surface area (Å²) < 4.78 is 2.74. The van der Waals surface area contributed by atoms with Gasteiger partial charge in [-0.25, -0.2) is 11.7 Å². The van der Waals surface area contributed by atoms with Crippen LogP contribution in [0, 0.1) is 45.3 Å². The number of hydrogen-bond donors (Lipinski definition) is 0. The molecule has 2 aliphatic heterocycles. The van der Waals surface area contributed by atoms with Gasteiger partial charge in [-0.2, -0.15) is 21.0 Å². The van der Waals surface area contributed by atoms with Gasteiger partial charge in [-0.1, -0.05) is 65.2 Å². The van der Waals surface area contributed by atoms with E-state index in [-0.39, 0.29) is 68.4 Å². The van der Waals surface area contributed by atoms with Gasteiger partial charge < -0.3 is 36.8 Å². The van der Waals surface area contributed by atoms with Gasteiger partial charge in [-0.15, -0.1) is 0 Å². The summed E-state index contributed by atoms with van der Waals surface area (Å²) in [7, 11) is 4.93. The number of piperidine rings is 2. The van der Waals surface area contributed by atoms with Crippen LogP contribution >= 0.6 is 0 Å². The van der Waals surface area contributed by atoms with E-state index in [1.165, 1.54) is 200 Å². The smallest absolute Gasteiger partial charge is 1.00 e. The van der Waals surface area contributed by atoms with Crippen molar-refractivity contribution in [1.29, 1.82) is 21.0 Å². The van der Waals surface area contributed by atoms with Crippen molar-refractivity contribution in [2.75, 3.05) is 53.4 Å². The quantitative estimate of drug-likeness (QED) is 0.0893. The molecule has 2 heterocycles. The van der Waals surface area contributed by atoms with Crippen LogP contribution in [0.25, 0.3) is 10.8 Å². The maximum atomic E-state index is 7.79. The molecule has 0 N–H and O–H groups in total. The zero-order chi connectivity index (χ0) is 33.4. The van der Waals surface area contributed by atoms with Gasteiger partial charge in [0.2, 0.25) is 0 Å². The van der Waals surface area contributed by atoms with E-state index in [0.717, 1.165) is 0 Å². The third-order valence-corrected chi connectivity index (χ3v) is 8.57. The predicted molar refractivity (Wildman–Crippen MR) is 182 cm³/mol. The van der Waals surface area contributed by atoms with E-state index in [2.05, 4.69) is 27.9 Å². The molecule has 10 heteroatoms. The van der Waals surface area contributed by atoms with E-state index >= 15 is 0 Å². The molecule has 0 bridgehead atoms. The van der Waals surface area contributed by atoms with Gasteiger partial charge in [0.25, 0.3) is 0 Å². The first-order chi connectivity index (χ1) is 21.2. The third kappa shape index (κ3) is 31.5. The van der Waals surface area contributed by atoms with Crippen LogP contribution in [0.15, 0.2) is 11.1 Å². The topological polar surface area (TPSA) is 140 Å². The van der Waals surface area contributed by atoms with Crippen LogP contribution in [0.5, 0.6) is 0 Å². The van der Waals surface area contributed by atoms with Crippen LogP contribution in [-0.4, -0.2) is 74.1 Å². The monoisotopic (exact) mass is 722 g/mol. The molecule has 2 aliphatic rings. The normalized spacial score (nSPS) is 14.8. The molecule has 0 aliphatic carbocycles. The summed E-state index contributed by atoms with van der Waals surface area (Å²) in [6, 6.07) is 5.58. The van der Waals surface area contributed by atoms with Crippen molar-refractivity contribution in [3.63, 3.8) is 0 Å². The molecule has 46 heavy (non-hydrogen) atoms. The Morgan fingerprint density at radius 3 is 0.978 bits per heavy atom. The fraction of sp³-hybridized carbons (Fsp3) is 0.778. The maximum absolute atomic E-state index is 7.79. The Morgan fingerprint density at radius 2 is 0.761 bits per heavy atom. The van der Waals surface area contributed by atoms with Gasteiger partial charge in [0.1, 0.15) is 35.4 Å². The molecule has 0 saturated carbocycles.